The summed E-state index contributed by atoms with van der Waals surface area (Å²) in [4.78, 5) is 14.7. The van der Waals surface area contributed by atoms with Crippen LogP contribution in [0.4, 0.5) is 0 Å². The van der Waals surface area contributed by atoms with Crippen LogP contribution in [0, 0.1) is 5.92 Å². The van der Waals surface area contributed by atoms with Crippen molar-refractivity contribution in [3.05, 3.63) is 35.4 Å². The van der Waals surface area contributed by atoms with Crippen molar-refractivity contribution in [1.82, 2.24) is 10.2 Å². The number of carbonyl (C=O) groups is 1. The van der Waals surface area contributed by atoms with Crippen LogP contribution in [0.2, 0.25) is 0 Å². The molecule has 0 aliphatic carbocycles. The first kappa shape index (κ1) is 16.4. The van der Waals surface area contributed by atoms with Crippen molar-refractivity contribution >= 4 is 17.7 Å². The van der Waals surface area contributed by atoms with Gasteiger partial charge in [0.1, 0.15) is 0 Å². The van der Waals surface area contributed by atoms with Crippen molar-refractivity contribution in [3.63, 3.8) is 0 Å². The first-order valence-corrected chi connectivity index (χ1v) is 9.15. The fourth-order valence-electron chi connectivity index (χ4n) is 2.85. The second kappa shape index (κ2) is 7.85. The third-order valence-corrected chi connectivity index (χ3v) is 4.97. The van der Waals surface area contributed by atoms with E-state index in [4.69, 9.17) is 0 Å². The molecule has 2 unspecified atom stereocenters. The zero-order chi connectivity index (χ0) is 15.2. The quantitative estimate of drug-likeness (QED) is 0.908. The van der Waals surface area contributed by atoms with Crippen molar-refractivity contribution in [2.24, 2.45) is 5.92 Å². The summed E-state index contributed by atoms with van der Waals surface area (Å²) in [6.45, 7) is 6.75. The molecule has 1 aromatic rings. The number of nitrogens with one attached hydrogen (secondary N) is 1. The van der Waals surface area contributed by atoms with Gasteiger partial charge in [-0.15, -0.1) is 0 Å². The van der Waals surface area contributed by atoms with Crippen molar-refractivity contribution in [1.29, 1.82) is 0 Å². The molecule has 0 saturated carbocycles. The summed E-state index contributed by atoms with van der Waals surface area (Å²) < 4.78 is 0. The number of benzene rings is 1. The monoisotopic (exact) mass is 306 g/mol. The largest absolute Gasteiger partial charge is 0.333 e. The van der Waals surface area contributed by atoms with Crippen LogP contribution in [0.25, 0.3) is 0 Å². The molecule has 1 N–H and O–H groups in total. The van der Waals surface area contributed by atoms with Gasteiger partial charge in [-0.05, 0) is 23.8 Å². The normalized spacial score (nSPS) is 20.3. The van der Waals surface area contributed by atoms with Gasteiger partial charge in [-0.3, -0.25) is 4.79 Å². The third-order valence-electron chi connectivity index (χ3n) is 4.14. The van der Waals surface area contributed by atoms with Crippen LogP contribution >= 0.6 is 11.8 Å². The van der Waals surface area contributed by atoms with Gasteiger partial charge < -0.3 is 10.2 Å². The van der Waals surface area contributed by atoms with Crippen molar-refractivity contribution in [2.75, 3.05) is 31.6 Å². The first-order chi connectivity index (χ1) is 10.2. The number of rotatable bonds is 5. The first-order valence-electron chi connectivity index (χ1n) is 7.76. The molecule has 1 fully saturated rings. The lowest BCUT2D eigenvalue weighted by molar-refractivity contribution is -0.137. The Labute approximate surface area is 132 Å². The molecule has 0 spiro atoms. The summed E-state index contributed by atoms with van der Waals surface area (Å²) in [5, 5.41) is 3.42. The van der Waals surface area contributed by atoms with Crippen LogP contribution in [0.5, 0.6) is 0 Å². The predicted octanol–water partition coefficient (Wildman–Crippen LogP) is 2.72. The number of aryl methyl sites for hydroxylation is 1. The van der Waals surface area contributed by atoms with Gasteiger partial charge in [-0.25, -0.2) is 0 Å². The molecule has 1 heterocycles. The highest BCUT2D eigenvalue weighted by Gasteiger charge is 2.30. The molecule has 0 radical (unpaired) electrons. The molecule has 1 amide bonds. The maximum absolute atomic E-state index is 12.7. The zero-order valence-electron chi connectivity index (χ0n) is 13.3. The number of hydrogen-bond acceptors (Lipinski definition) is 3. The number of piperazine rings is 1. The molecular weight excluding hydrogens is 280 g/mol. The molecule has 4 heteroatoms. The summed E-state index contributed by atoms with van der Waals surface area (Å²) in [7, 11) is 0. The van der Waals surface area contributed by atoms with Crippen LogP contribution < -0.4 is 5.32 Å². The molecule has 0 bridgehead atoms. The maximum Gasteiger partial charge on any atom is 0.226 e. The molecule has 1 aromatic carbocycles. The number of thioether (sulfide) groups is 1. The van der Waals surface area contributed by atoms with Crippen molar-refractivity contribution < 1.29 is 4.79 Å². The highest BCUT2D eigenvalue weighted by Crippen LogP contribution is 2.25. The fraction of sp³-hybridized carbons (Fsp3) is 0.588. The van der Waals surface area contributed by atoms with Gasteiger partial charge >= 0.3 is 0 Å². The number of nitrogens with zero attached hydrogens (tertiary/aromatic N) is 1. The highest BCUT2D eigenvalue weighted by molar-refractivity contribution is 7.98. The third kappa shape index (κ3) is 4.01. The molecule has 1 aliphatic heterocycles. The zero-order valence-corrected chi connectivity index (χ0v) is 14.1. The average molecular weight is 306 g/mol. The smallest absolute Gasteiger partial charge is 0.226 e. The van der Waals surface area contributed by atoms with Crippen molar-refractivity contribution in [2.45, 2.75) is 26.3 Å². The lowest BCUT2D eigenvalue weighted by Gasteiger charge is -2.38. The Balaban J connectivity index is 2.15. The molecule has 1 aliphatic rings. The molecule has 2 atom stereocenters. The summed E-state index contributed by atoms with van der Waals surface area (Å²) in [6.07, 6.45) is 3.11. The van der Waals surface area contributed by atoms with Gasteiger partial charge in [0.05, 0.1) is 6.04 Å². The van der Waals surface area contributed by atoms with Gasteiger partial charge in [0.2, 0.25) is 5.91 Å². The Bertz CT molecular complexity index is 460. The molecule has 116 valence electrons. The Morgan fingerprint density at radius 2 is 2.14 bits per heavy atom. The standard InChI is InChI=1S/C17H26N2OS/c1-4-14-5-7-15(8-6-14)16-11-18-9-10-19(16)17(20)13(2)12-21-3/h5-8,13,16,18H,4,9-12H2,1-3H3. The van der Waals surface area contributed by atoms with Gasteiger partial charge in [0.15, 0.2) is 0 Å². The minimum absolute atomic E-state index is 0.0931. The van der Waals surface area contributed by atoms with E-state index < -0.39 is 0 Å². The summed E-state index contributed by atoms with van der Waals surface area (Å²) in [5.74, 6) is 1.27. The van der Waals surface area contributed by atoms with E-state index in [1.807, 2.05) is 6.92 Å². The number of amides is 1. The van der Waals surface area contributed by atoms with Crippen molar-refractivity contribution in [3.8, 4) is 0 Å². The van der Waals surface area contributed by atoms with Gasteiger partial charge in [-0.2, -0.15) is 11.8 Å². The molecule has 21 heavy (non-hydrogen) atoms. The van der Waals surface area contributed by atoms with E-state index in [1.165, 1.54) is 11.1 Å². The topological polar surface area (TPSA) is 32.3 Å². The molecule has 3 nitrogen and oxygen atoms in total. The van der Waals surface area contributed by atoms with E-state index in [1.54, 1.807) is 11.8 Å². The summed E-state index contributed by atoms with van der Waals surface area (Å²) >= 11 is 1.74. The summed E-state index contributed by atoms with van der Waals surface area (Å²) in [5.41, 5.74) is 2.58. The van der Waals surface area contributed by atoms with Crippen LogP contribution in [-0.2, 0) is 11.2 Å². The minimum Gasteiger partial charge on any atom is -0.333 e. The SMILES string of the molecule is CCc1ccc(C2CNCCN2C(=O)C(C)CSC)cc1. The lowest BCUT2D eigenvalue weighted by atomic mass is 9.99. The van der Waals surface area contributed by atoms with E-state index in [-0.39, 0.29) is 17.9 Å². The minimum atomic E-state index is 0.0931. The van der Waals surface area contributed by atoms with Gasteiger partial charge in [0.25, 0.3) is 0 Å². The van der Waals surface area contributed by atoms with Crippen LogP contribution in [-0.4, -0.2) is 42.4 Å². The Morgan fingerprint density at radius 1 is 1.43 bits per heavy atom. The van der Waals surface area contributed by atoms with Crippen LogP contribution in [0.1, 0.15) is 31.0 Å². The molecular formula is C17H26N2OS. The second-order valence-electron chi connectivity index (χ2n) is 5.70. The van der Waals surface area contributed by atoms with E-state index >= 15 is 0 Å². The summed E-state index contributed by atoms with van der Waals surface area (Å²) in [6, 6.07) is 8.88. The van der Waals surface area contributed by atoms with E-state index in [9.17, 15) is 4.79 Å². The highest BCUT2D eigenvalue weighted by atomic mass is 32.2. The fourth-order valence-corrected chi connectivity index (χ4v) is 3.49. The average Bonchev–Trinajstić information content (AvgIpc) is 2.54. The Kier molecular flexibility index (Phi) is 6.12. The number of hydrogen-bond donors (Lipinski definition) is 1. The number of carbonyl (C=O) groups excluding carboxylic acids is 1. The molecule has 1 saturated heterocycles. The van der Waals surface area contributed by atoms with Crippen LogP contribution in [0.3, 0.4) is 0 Å². The molecule has 0 aromatic heterocycles. The van der Waals surface area contributed by atoms with Gasteiger partial charge in [0, 0.05) is 31.3 Å². The molecule has 2 rings (SSSR count). The van der Waals surface area contributed by atoms with E-state index in [0.717, 1.165) is 31.8 Å². The second-order valence-corrected chi connectivity index (χ2v) is 6.61. The maximum atomic E-state index is 12.7. The Hall–Kier alpha value is -1.00. The predicted molar refractivity (Wildman–Crippen MR) is 90.7 cm³/mol. The van der Waals surface area contributed by atoms with E-state index in [2.05, 4.69) is 47.7 Å². The van der Waals surface area contributed by atoms with E-state index in [0.29, 0.717) is 0 Å². The Morgan fingerprint density at radius 3 is 2.76 bits per heavy atom. The lowest BCUT2D eigenvalue weighted by Crippen LogP contribution is -2.50. The van der Waals surface area contributed by atoms with Gasteiger partial charge in [-0.1, -0.05) is 38.1 Å². The van der Waals surface area contributed by atoms with Crippen LogP contribution in [0.15, 0.2) is 24.3 Å².